The molecule has 0 unspecified atom stereocenters. The topological polar surface area (TPSA) is 97.5 Å². The third-order valence-corrected chi connectivity index (χ3v) is 4.10. The number of hydrogen-bond acceptors (Lipinski definition) is 5. The first-order chi connectivity index (χ1) is 10.9. The van der Waals surface area contributed by atoms with Crippen molar-refractivity contribution in [2.75, 3.05) is 0 Å². The molecule has 0 bridgehead atoms. The summed E-state index contributed by atoms with van der Waals surface area (Å²) >= 11 is 3.02. The van der Waals surface area contributed by atoms with Gasteiger partial charge >= 0.3 is 0 Å². The number of hydrogen-bond donors (Lipinski definition) is 1. The van der Waals surface area contributed by atoms with E-state index in [1.165, 1.54) is 6.08 Å². The van der Waals surface area contributed by atoms with Crippen LogP contribution in [0.1, 0.15) is 26.3 Å². The van der Waals surface area contributed by atoms with Crippen LogP contribution in [0.5, 0.6) is 5.75 Å². The number of aromatic hydroxyl groups is 1. The lowest BCUT2D eigenvalue weighted by Crippen LogP contribution is -2.00. The Morgan fingerprint density at radius 1 is 1.09 bits per heavy atom. The van der Waals surface area contributed by atoms with Crippen LogP contribution in [0.4, 0.5) is 5.69 Å². The van der Waals surface area contributed by atoms with E-state index in [9.17, 15) is 24.8 Å². The van der Waals surface area contributed by atoms with Crippen LogP contribution in [0, 0.1) is 10.1 Å². The third kappa shape index (κ3) is 2.44. The summed E-state index contributed by atoms with van der Waals surface area (Å²) in [6.07, 6.45) is 1.18. The smallest absolute Gasteiger partial charge is 0.271 e. The zero-order valence-electron chi connectivity index (χ0n) is 11.4. The average molecular weight is 374 g/mol. The summed E-state index contributed by atoms with van der Waals surface area (Å²) in [5, 5.41) is 20.9. The Kier molecular flexibility index (Phi) is 3.57. The number of Topliss-reactive ketones (excluding diaryl/α,β-unsaturated/α-hetero) is 2. The maximum atomic E-state index is 12.3. The second-order valence-corrected chi connectivity index (χ2v) is 5.74. The number of allylic oxidation sites excluding steroid dienone is 1. The maximum Gasteiger partial charge on any atom is 0.271 e. The molecule has 23 heavy (non-hydrogen) atoms. The van der Waals surface area contributed by atoms with Crippen LogP contribution in [0.25, 0.3) is 6.08 Å². The van der Waals surface area contributed by atoms with E-state index >= 15 is 0 Å². The summed E-state index contributed by atoms with van der Waals surface area (Å²) in [4.78, 5) is 34.9. The monoisotopic (exact) mass is 373 g/mol. The second kappa shape index (κ2) is 5.44. The highest BCUT2D eigenvalue weighted by Gasteiger charge is 2.33. The van der Waals surface area contributed by atoms with Crippen molar-refractivity contribution in [3.63, 3.8) is 0 Å². The van der Waals surface area contributed by atoms with E-state index in [0.29, 0.717) is 0 Å². The molecule has 1 aliphatic carbocycles. The van der Waals surface area contributed by atoms with E-state index in [4.69, 9.17) is 0 Å². The van der Waals surface area contributed by atoms with Crippen molar-refractivity contribution in [1.82, 2.24) is 0 Å². The number of phenolic OH excluding ortho intramolecular Hbond substituents is 1. The number of halogens is 1. The Labute approximate surface area is 138 Å². The summed E-state index contributed by atoms with van der Waals surface area (Å²) in [7, 11) is 0. The summed E-state index contributed by atoms with van der Waals surface area (Å²) in [5.41, 5.74) is 0.196. The predicted octanol–water partition coefficient (Wildman–Crippen LogP) is 3.53. The molecule has 3 rings (SSSR count). The number of nitro benzene ring substituents is 1. The molecule has 0 saturated carbocycles. The zero-order chi connectivity index (χ0) is 16.7. The molecule has 0 amide bonds. The van der Waals surface area contributed by atoms with E-state index in [-0.39, 0.29) is 38.2 Å². The number of benzene rings is 2. The van der Waals surface area contributed by atoms with Gasteiger partial charge in [-0.25, -0.2) is 0 Å². The van der Waals surface area contributed by atoms with Gasteiger partial charge < -0.3 is 5.11 Å². The van der Waals surface area contributed by atoms with Crippen LogP contribution < -0.4 is 0 Å². The van der Waals surface area contributed by atoms with Crippen molar-refractivity contribution in [1.29, 1.82) is 0 Å². The van der Waals surface area contributed by atoms with Crippen LogP contribution >= 0.6 is 15.9 Å². The lowest BCUT2D eigenvalue weighted by Gasteiger charge is -2.03. The SMILES string of the molecule is O=C1C(=Cc2cc([N+](=O)[O-])cc(Br)c2O)C(=O)c2ccccc21. The Bertz CT molecular complexity index is 880. The number of ketones is 2. The first-order valence-electron chi connectivity index (χ1n) is 6.47. The fourth-order valence-electron chi connectivity index (χ4n) is 2.38. The lowest BCUT2D eigenvalue weighted by atomic mass is 10.1. The quantitative estimate of drug-likeness (QED) is 0.375. The molecule has 0 aliphatic heterocycles. The lowest BCUT2D eigenvalue weighted by molar-refractivity contribution is -0.385. The molecule has 2 aromatic rings. The summed E-state index contributed by atoms with van der Waals surface area (Å²) in [5.74, 6) is -1.21. The van der Waals surface area contributed by atoms with Crippen LogP contribution in [0.3, 0.4) is 0 Å². The Hall–Kier alpha value is -2.80. The highest BCUT2D eigenvalue weighted by atomic mass is 79.9. The van der Waals surface area contributed by atoms with Crippen molar-refractivity contribution in [3.05, 3.63) is 73.2 Å². The van der Waals surface area contributed by atoms with Crippen LogP contribution in [-0.4, -0.2) is 21.6 Å². The van der Waals surface area contributed by atoms with Gasteiger partial charge in [0, 0.05) is 28.8 Å². The minimum Gasteiger partial charge on any atom is -0.506 e. The number of rotatable bonds is 2. The minimum absolute atomic E-state index is 0.0237. The number of carbonyl (C=O) groups is 2. The number of nitrogens with zero attached hydrogens (tertiary/aromatic N) is 1. The van der Waals surface area contributed by atoms with Gasteiger partial charge in [-0.05, 0) is 22.0 Å². The predicted molar refractivity (Wildman–Crippen MR) is 85.5 cm³/mol. The molecule has 0 fully saturated rings. The van der Waals surface area contributed by atoms with Gasteiger partial charge in [0.05, 0.1) is 15.0 Å². The first-order valence-corrected chi connectivity index (χ1v) is 7.26. The molecule has 0 aromatic heterocycles. The molecule has 0 atom stereocenters. The van der Waals surface area contributed by atoms with Crippen molar-refractivity contribution in [2.45, 2.75) is 0 Å². The van der Waals surface area contributed by atoms with E-state index < -0.39 is 16.5 Å². The van der Waals surface area contributed by atoms with Crippen molar-refractivity contribution < 1.29 is 19.6 Å². The van der Waals surface area contributed by atoms with E-state index in [1.54, 1.807) is 24.3 Å². The van der Waals surface area contributed by atoms with Gasteiger partial charge in [-0.15, -0.1) is 0 Å². The summed E-state index contributed by atoms with van der Waals surface area (Å²) in [6, 6.07) is 8.63. The maximum absolute atomic E-state index is 12.3. The molecule has 6 nitrogen and oxygen atoms in total. The molecular weight excluding hydrogens is 366 g/mol. The number of fused-ring (bicyclic) bond motifs is 1. The van der Waals surface area contributed by atoms with Crippen molar-refractivity contribution in [2.24, 2.45) is 0 Å². The van der Waals surface area contributed by atoms with E-state index in [0.717, 1.165) is 12.1 Å². The standard InChI is InChI=1S/C16H8BrNO5/c17-13-7-9(18(22)23)5-8(14(13)19)6-12-15(20)10-3-1-2-4-11(10)16(12)21/h1-7,19H. The van der Waals surface area contributed by atoms with Gasteiger partial charge in [-0.3, -0.25) is 19.7 Å². The fraction of sp³-hybridized carbons (Fsp3) is 0. The molecule has 0 saturated heterocycles. The Morgan fingerprint density at radius 3 is 2.17 bits per heavy atom. The number of phenols is 1. The highest BCUT2D eigenvalue weighted by Crippen LogP contribution is 2.36. The van der Waals surface area contributed by atoms with Gasteiger partial charge in [0.2, 0.25) is 0 Å². The van der Waals surface area contributed by atoms with Gasteiger partial charge in [0.15, 0.2) is 11.6 Å². The van der Waals surface area contributed by atoms with Crippen LogP contribution in [0.2, 0.25) is 0 Å². The van der Waals surface area contributed by atoms with Gasteiger partial charge in [0.1, 0.15) is 5.75 Å². The number of nitro groups is 1. The highest BCUT2D eigenvalue weighted by molar-refractivity contribution is 9.10. The van der Waals surface area contributed by atoms with Crippen molar-refractivity contribution in [3.8, 4) is 5.75 Å². The zero-order valence-corrected chi connectivity index (χ0v) is 13.0. The Balaban J connectivity index is 2.16. The van der Waals surface area contributed by atoms with Crippen LogP contribution in [0.15, 0.2) is 46.4 Å². The molecule has 0 heterocycles. The van der Waals surface area contributed by atoms with Crippen LogP contribution in [-0.2, 0) is 0 Å². The molecular formula is C16H8BrNO5. The van der Waals surface area contributed by atoms with Gasteiger partial charge in [-0.1, -0.05) is 24.3 Å². The van der Waals surface area contributed by atoms with E-state index in [1.807, 2.05) is 0 Å². The molecule has 1 N–H and O–H groups in total. The third-order valence-electron chi connectivity index (χ3n) is 3.49. The van der Waals surface area contributed by atoms with Gasteiger partial charge in [0.25, 0.3) is 5.69 Å². The number of non-ortho nitro benzene ring substituents is 1. The molecule has 1 aliphatic rings. The Morgan fingerprint density at radius 2 is 1.65 bits per heavy atom. The molecule has 7 heteroatoms. The van der Waals surface area contributed by atoms with E-state index in [2.05, 4.69) is 15.9 Å². The molecule has 0 radical (unpaired) electrons. The van der Waals surface area contributed by atoms with Gasteiger partial charge in [-0.2, -0.15) is 0 Å². The fourth-order valence-corrected chi connectivity index (χ4v) is 2.84. The van der Waals surface area contributed by atoms with Crippen molar-refractivity contribution >= 4 is 39.3 Å². The average Bonchev–Trinajstić information content (AvgIpc) is 2.76. The largest absolute Gasteiger partial charge is 0.506 e. The molecule has 114 valence electrons. The first kappa shape index (κ1) is 15.1. The summed E-state index contributed by atoms with van der Waals surface area (Å²) < 4.78 is 0.106. The molecule has 0 spiro atoms. The summed E-state index contributed by atoms with van der Waals surface area (Å²) in [6.45, 7) is 0. The number of carbonyl (C=O) groups excluding carboxylic acids is 2. The molecule has 2 aromatic carbocycles. The second-order valence-electron chi connectivity index (χ2n) is 4.88. The normalized spacial score (nSPS) is 13.2. The minimum atomic E-state index is -0.626.